The molecule has 2 heterocycles. The fraction of sp³-hybridized carbons (Fsp3) is 0.600. The van der Waals surface area contributed by atoms with Gasteiger partial charge in [0.25, 0.3) is 5.91 Å². The zero-order valence-electron chi connectivity index (χ0n) is 8.79. The minimum absolute atomic E-state index is 0.0633. The molecule has 1 aromatic rings. The lowest BCUT2D eigenvalue weighted by Crippen LogP contribution is -2.46. The minimum Gasteiger partial charge on any atom is -0.348 e. The molecular formula is C10H16N4O. The van der Waals surface area contributed by atoms with Gasteiger partial charge in [0, 0.05) is 18.3 Å². The van der Waals surface area contributed by atoms with Crippen molar-refractivity contribution in [2.45, 2.75) is 31.8 Å². The Bertz CT molecular complexity index is 322. The summed E-state index contributed by atoms with van der Waals surface area (Å²) in [6.45, 7) is 3.10. The second-order valence-corrected chi connectivity index (χ2v) is 4.02. The van der Waals surface area contributed by atoms with Crippen molar-refractivity contribution in [1.82, 2.24) is 20.8 Å². The number of carbonyl (C=O) groups excluding carboxylic acids is 1. The third-order valence-electron chi connectivity index (χ3n) is 2.70. The van der Waals surface area contributed by atoms with E-state index in [1.807, 2.05) is 0 Å². The molecule has 2 rings (SSSR count). The number of piperidine rings is 1. The molecule has 5 heteroatoms. The number of carbonyl (C=O) groups is 1. The molecule has 0 spiro atoms. The maximum absolute atomic E-state index is 11.7. The molecule has 0 bridgehead atoms. The van der Waals surface area contributed by atoms with Gasteiger partial charge in [0.1, 0.15) is 5.69 Å². The molecule has 1 amide bonds. The summed E-state index contributed by atoms with van der Waals surface area (Å²) in [4.78, 5) is 11.7. The quantitative estimate of drug-likeness (QED) is 0.654. The molecule has 1 aliphatic heterocycles. The largest absolute Gasteiger partial charge is 0.348 e. The number of nitrogens with one attached hydrogen (secondary N) is 3. The summed E-state index contributed by atoms with van der Waals surface area (Å²) in [7, 11) is 0. The molecule has 2 atom stereocenters. The zero-order valence-corrected chi connectivity index (χ0v) is 8.79. The summed E-state index contributed by atoms with van der Waals surface area (Å²) in [5.41, 5.74) is 0.529. The summed E-state index contributed by atoms with van der Waals surface area (Å²) in [6.07, 6.45) is 3.56. The Morgan fingerprint density at radius 3 is 3.20 bits per heavy atom. The first kappa shape index (κ1) is 10.2. The molecule has 15 heavy (non-hydrogen) atoms. The third-order valence-corrected chi connectivity index (χ3v) is 2.70. The van der Waals surface area contributed by atoms with E-state index in [-0.39, 0.29) is 11.9 Å². The van der Waals surface area contributed by atoms with E-state index in [4.69, 9.17) is 0 Å². The van der Waals surface area contributed by atoms with Gasteiger partial charge in [0.05, 0.1) is 0 Å². The van der Waals surface area contributed by atoms with E-state index in [2.05, 4.69) is 27.8 Å². The average Bonchev–Trinajstić information content (AvgIpc) is 2.70. The van der Waals surface area contributed by atoms with Gasteiger partial charge in [-0.2, -0.15) is 5.10 Å². The SMILES string of the molecule is CC1CC(NC(=O)c2ccn[nH]2)CCN1. The van der Waals surface area contributed by atoms with E-state index in [0.717, 1.165) is 19.4 Å². The monoisotopic (exact) mass is 208 g/mol. The number of amides is 1. The molecule has 1 fully saturated rings. The predicted molar refractivity (Wildman–Crippen MR) is 56.5 cm³/mol. The Hall–Kier alpha value is -1.36. The van der Waals surface area contributed by atoms with Gasteiger partial charge in [0.2, 0.25) is 0 Å². The molecule has 0 aliphatic carbocycles. The third kappa shape index (κ3) is 2.56. The number of H-pyrrole nitrogens is 1. The van der Waals surface area contributed by atoms with Crippen molar-refractivity contribution in [3.8, 4) is 0 Å². The summed E-state index contributed by atoms with van der Waals surface area (Å²) in [5, 5.41) is 12.8. The van der Waals surface area contributed by atoms with Gasteiger partial charge in [-0.25, -0.2) is 0 Å². The highest BCUT2D eigenvalue weighted by atomic mass is 16.2. The van der Waals surface area contributed by atoms with Gasteiger partial charge in [-0.1, -0.05) is 0 Å². The van der Waals surface area contributed by atoms with Crippen molar-refractivity contribution in [1.29, 1.82) is 0 Å². The van der Waals surface area contributed by atoms with Crippen molar-refractivity contribution in [3.05, 3.63) is 18.0 Å². The fourth-order valence-corrected chi connectivity index (χ4v) is 1.91. The second kappa shape index (κ2) is 4.44. The van der Waals surface area contributed by atoms with Crippen molar-refractivity contribution in [2.24, 2.45) is 0 Å². The van der Waals surface area contributed by atoms with Gasteiger partial charge in [-0.15, -0.1) is 0 Å². The van der Waals surface area contributed by atoms with Crippen LogP contribution in [-0.4, -0.2) is 34.7 Å². The minimum atomic E-state index is -0.0633. The van der Waals surface area contributed by atoms with Gasteiger partial charge < -0.3 is 10.6 Å². The summed E-state index contributed by atoms with van der Waals surface area (Å²) in [5.74, 6) is -0.0633. The molecule has 0 saturated carbocycles. The maximum atomic E-state index is 11.7. The number of hydrogen-bond acceptors (Lipinski definition) is 3. The van der Waals surface area contributed by atoms with E-state index >= 15 is 0 Å². The highest BCUT2D eigenvalue weighted by molar-refractivity contribution is 5.92. The van der Waals surface area contributed by atoms with Crippen LogP contribution < -0.4 is 10.6 Å². The van der Waals surface area contributed by atoms with Crippen LogP contribution in [0.5, 0.6) is 0 Å². The van der Waals surface area contributed by atoms with E-state index in [1.54, 1.807) is 12.3 Å². The molecule has 3 N–H and O–H groups in total. The van der Waals surface area contributed by atoms with Crippen LogP contribution in [0.2, 0.25) is 0 Å². The smallest absolute Gasteiger partial charge is 0.269 e. The van der Waals surface area contributed by atoms with Crippen LogP contribution >= 0.6 is 0 Å². The summed E-state index contributed by atoms with van der Waals surface area (Å²) < 4.78 is 0. The number of nitrogens with zero attached hydrogens (tertiary/aromatic N) is 1. The number of rotatable bonds is 2. The molecule has 5 nitrogen and oxygen atoms in total. The second-order valence-electron chi connectivity index (χ2n) is 4.02. The van der Waals surface area contributed by atoms with Gasteiger partial charge in [-0.3, -0.25) is 9.89 Å². The molecule has 0 radical (unpaired) electrons. The van der Waals surface area contributed by atoms with Crippen LogP contribution in [0.25, 0.3) is 0 Å². The normalized spacial score (nSPS) is 26.2. The first-order valence-electron chi connectivity index (χ1n) is 5.29. The maximum Gasteiger partial charge on any atom is 0.269 e. The zero-order chi connectivity index (χ0) is 10.7. The van der Waals surface area contributed by atoms with E-state index in [1.165, 1.54) is 0 Å². The van der Waals surface area contributed by atoms with E-state index in [0.29, 0.717) is 11.7 Å². The first-order valence-corrected chi connectivity index (χ1v) is 5.29. The standard InChI is InChI=1S/C10H16N4O/c1-7-6-8(2-4-11-7)13-10(15)9-3-5-12-14-9/h3,5,7-8,11H,2,4,6H2,1H3,(H,12,14)(H,13,15). The lowest BCUT2D eigenvalue weighted by molar-refractivity contribution is 0.0920. The van der Waals surface area contributed by atoms with Crippen LogP contribution in [0.1, 0.15) is 30.3 Å². The lowest BCUT2D eigenvalue weighted by Gasteiger charge is -2.28. The van der Waals surface area contributed by atoms with Crippen molar-refractivity contribution in [2.75, 3.05) is 6.54 Å². The number of aromatic amines is 1. The summed E-state index contributed by atoms with van der Waals surface area (Å²) >= 11 is 0. The predicted octanol–water partition coefficient (Wildman–Crippen LogP) is 0.280. The van der Waals surface area contributed by atoms with Gasteiger partial charge in [0.15, 0.2) is 0 Å². The Kier molecular flexibility index (Phi) is 3.01. The van der Waals surface area contributed by atoms with Crippen LogP contribution in [0, 0.1) is 0 Å². The van der Waals surface area contributed by atoms with Gasteiger partial charge >= 0.3 is 0 Å². The Morgan fingerprint density at radius 2 is 2.53 bits per heavy atom. The Morgan fingerprint density at radius 1 is 1.67 bits per heavy atom. The number of aromatic nitrogens is 2. The fourth-order valence-electron chi connectivity index (χ4n) is 1.91. The molecule has 1 aromatic heterocycles. The molecule has 1 aliphatic rings. The average molecular weight is 208 g/mol. The van der Waals surface area contributed by atoms with Crippen molar-refractivity contribution < 1.29 is 4.79 Å². The molecular weight excluding hydrogens is 192 g/mol. The first-order chi connectivity index (χ1) is 7.25. The van der Waals surface area contributed by atoms with Crippen LogP contribution in [0.3, 0.4) is 0 Å². The Balaban J connectivity index is 1.89. The van der Waals surface area contributed by atoms with Crippen LogP contribution in [0.15, 0.2) is 12.3 Å². The molecule has 2 unspecified atom stereocenters. The van der Waals surface area contributed by atoms with Crippen molar-refractivity contribution >= 4 is 5.91 Å². The lowest BCUT2D eigenvalue weighted by atomic mass is 10.0. The molecule has 82 valence electrons. The highest BCUT2D eigenvalue weighted by Gasteiger charge is 2.20. The molecule has 0 aromatic carbocycles. The highest BCUT2D eigenvalue weighted by Crippen LogP contribution is 2.08. The van der Waals surface area contributed by atoms with Crippen LogP contribution in [0.4, 0.5) is 0 Å². The van der Waals surface area contributed by atoms with Gasteiger partial charge in [-0.05, 0) is 32.4 Å². The topological polar surface area (TPSA) is 69.8 Å². The number of hydrogen-bond donors (Lipinski definition) is 3. The molecule has 1 saturated heterocycles. The Labute approximate surface area is 88.6 Å². The summed E-state index contributed by atoms with van der Waals surface area (Å²) in [6, 6.07) is 2.43. The van der Waals surface area contributed by atoms with Crippen molar-refractivity contribution in [3.63, 3.8) is 0 Å². The van der Waals surface area contributed by atoms with E-state index < -0.39 is 0 Å². The van der Waals surface area contributed by atoms with Crippen LogP contribution in [-0.2, 0) is 0 Å². The van der Waals surface area contributed by atoms with E-state index in [9.17, 15) is 4.79 Å².